The van der Waals surface area contributed by atoms with E-state index in [0.29, 0.717) is 25.0 Å². The number of phenolic OH excluding ortho intramolecular Hbond substituents is 1. The molecule has 1 atom stereocenters. The average molecular weight is 281 g/mol. The van der Waals surface area contributed by atoms with E-state index < -0.39 is 17.9 Å². The number of carboxylic acid groups (broad SMARTS) is 1. The number of para-hydroxylation sites is 1. The van der Waals surface area contributed by atoms with Gasteiger partial charge < -0.3 is 20.3 Å². The second kappa shape index (κ2) is 8.16. The molecule has 6 nitrogen and oxygen atoms in total. The van der Waals surface area contributed by atoms with Gasteiger partial charge in [-0.05, 0) is 18.9 Å². The number of hydrogen-bond acceptors (Lipinski definition) is 4. The molecular formula is C14H19NO5. The zero-order valence-corrected chi connectivity index (χ0v) is 11.3. The molecule has 0 aliphatic carbocycles. The van der Waals surface area contributed by atoms with Crippen LogP contribution in [0.3, 0.4) is 0 Å². The van der Waals surface area contributed by atoms with Crippen LogP contribution in [0.2, 0.25) is 0 Å². The highest BCUT2D eigenvalue weighted by Gasteiger charge is 2.19. The Morgan fingerprint density at radius 1 is 1.35 bits per heavy atom. The van der Waals surface area contributed by atoms with Crippen molar-refractivity contribution in [1.29, 1.82) is 0 Å². The molecule has 1 aromatic carbocycles. The van der Waals surface area contributed by atoms with E-state index in [9.17, 15) is 14.7 Å². The number of rotatable bonds is 8. The van der Waals surface area contributed by atoms with Crippen LogP contribution in [-0.2, 0) is 20.7 Å². The summed E-state index contributed by atoms with van der Waals surface area (Å²) in [4.78, 5) is 22.8. The van der Waals surface area contributed by atoms with E-state index in [-0.39, 0.29) is 12.2 Å². The van der Waals surface area contributed by atoms with E-state index in [1.165, 1.54) is 13.2 Å². The van der Waals surface area contributed by atoms with Gasteiger partial charge in [0.15, 0.2) is 0 Å². The van der Waals surface area contributed by atoms with Gasteiger partial charge in [-0.2, -0.15) is 0 Å². The Morgan fingerprint density at radius 2 is 2.05 bits per heavy atom. The first kappa shape index (κ1) is 16.0. The van der Waals surface area contributed by atoms with Crippen LogP contribution >= 0.6 is 0 Å². The maximum Gasteiger partial charge on any atom is 0.326 e. The molecule has 1 rings (SSSR count). The molecule has 1 unspecified atom stereocenters. The van der Waals surface area contributed by atoms with Crippen molar-refractivity contribution in [2.75, 3.05) is 13.7 Å². The number of amides is 1. The quantitative estimate of drug-likeness (QED) is 0.616. The molecule has 0 heterocycles. The minimum Gasteiger partial charge on any atom is -0.508 e. The number of carbonyl (C=O) groups excluding carboxylic acids is 1. The van der Waals surface area contributed by atoms with Crippen LogP contribution in [-0.4, -0.2) is 41.8 Å². The SMILES string of the molecule is COCCCC(NC(=O)Cc1ccccc1O)C(=O)O. The predicted octanol–water partition coefficient (Wildman–Crippen LogP) is 0.931. The number of carbonyl (C=O) groups is 2. The van der Waals surface area contributed by atoms with Gasteiger partial charge in [-0.1, -0.05) is 18.2 Å². The smallest absolute Gasteiger partial charge is 0.326 e. The summed E-state index contributed by atoms with van der Waals surface area (Å²) in [5, 5.41) is 21.0. The third-order valence-corrected chi connectivity index (χ3v) is 2.82. The van der Waals surface area contributed by atoms with Gasteiger partial charge in [0, 0.05) is 19.3 Å². The first-order valence-corrected chi connectivity index (χ1v) is 6.32. The lowest BCUT2D eigenvalue weighted by molar-refractivity contribution is -0.142. The highest BCUT2D eigenvalue weighted by atomic mass is 16.5. The number of aliphatic carboxylic acids is 1. The van der Waals surface area contributed by atoms with Gasteiger partial charge in [0.2, 0.25) is 5.91 Å². The molecule has 1 amide bonds. The Balaban J connectivity index is 2.54. The molecule has 3 N–H and O–H groups in total. The maximum atomic E-state index is 11.8. The van der Waals surface area contributed by atoms with E-state index in [1.54, 1.807) is 18.2 Å². The molecule has 0 aromatic heterocycles. The Morgan fingerprint density at radius 3 is 2.65 bits per heavy atom. The molecule has 1 aromatic rings. The highest BCUT2D eigenvalue weighted by Crippen LogP contribution is 2.16. The molecule has 0 saturated carbocycles. The Kier molecular flexibility index (Phi) is 6.52. The fourth-order valence-electron chi connectivity index (χ4n) is 1.77. The van der Waals surface area contributed by atoms with Crippen molar-refractivity contribution in [3.8, 4) is 5.75 Å². The minimum atomic E-state index is -1.08. The van der Waals surface area contributed by atoms with Gasteiger partial charge in [-0.15, -0.1) is 0 Å². The summed E-state index contributed by atoms with van der Waals surface area (Å²) in [6, 6.07) is 5.52. The fraction of sp³-hybridized carbons (Fsp3) is 0.429. The number of phenols is 1. The largest absolute Gasteiger partial charge is 0.508 e. The normalized spacial score (nSPS) is 11.8. The van der Waals surface area contributed by atoms with Crippen LogP contribution in [0, 0.1) is 0 Å². The van der Waals surface area contributed by atoms with Gasteiger partial charge in [-0.25, -0.2) is 4.79 Å². The molecule has 0 saturated heterocycles. The maximum absolute atomic E-state index is 11.8. The van der Waals surface area contributed by atoms with Gasteiger partial charge >= 0.3 is 5.97 Å². The molecule has 0 radical (unpaired) electrons. The van der Waals surface area contributed by atoms with E-state index in [0.717, 1.165) is 0 Å². The van der Waals surface area contributed by atoms with Gasteiger partial charge in [0.1, 0.15) is 11.8 Å². The van der Waals surface area contributed by atoms with Crippen molar-refractivity contribution in [2.24, 2.45) is 0 Å². The monoisotopic (exact) mass is 281 g/mol. The number of aromatic hydroxyl groups is 1. The molecule has 110 valence electrons. The van der Waals surface area contributed by atoms with Crippen LogP contribution in [0.25, 0.3) is 0 Å². The molecular weight excluding hydrogens is 262 g/mol. The second-order valence-corrected chi connectivity index (χ2v) is 4.40. The summed E-state index contributed by atoms with van der Waals surface area (Å²) in [7, 11) is 1.53. The molecule has 20 heavy (non-hydrogen) atoms. The summed E-state index contributed by atoms with van der Waals surface area (Å²) in [5.74, 6) is -1.49. The summed E-state index contributed by atoms with van der Waals surface area (Å²) < 4.78 is 4.85. The number of benzene rings is 1. The van der Waals surface area contributed by atoms with Crippen molar-refractivity contribution in [1.82, 2.24) is 5.32 Å². The Labute approximate surface area is 117 Å². The standard InChI is InChI=1S/C14H19NO5/c1-20-8-4-6-11(14(18)19)15-13(17)9-10-5-2-3-7-12(10)16/h2-3,5,7,11,16H,4,6,8-9H2,1H3,(H,15,17)(H,18,19). The van der Waals surface area contributed by atoms with Crippen LogP contribution in [0.15, 0.2) is 24.3 Å². The van der Waals surface area contributed by atoms with E-state index in [1.807, 2.05) is 0 Å². The van der Waals surface area contributed by atoms with Crippen molar-refractivity contribution < 1.29 is 24.5 Å². The summed E-state index contributed by atoms with van der Waals surface area (Å²) in [6.45, 7) is 0.444. The number of ether oxygens (including phenoxy) is 1. The third-order valence-electron chi connectivity index (χ3n) is 2.82. The van der Waals surface area contributed by atoms with Gasteiger partial charge in [-0.3, -0.25) is 4.79 Å². The van der Waals surface area contributed by atoms with Gasteiger partial charge in [0.05, 0.1) is 6.42 Å². The molecule has 0 fully saturated rings. The highest BCUT2D eigenvalue weighted by molar-refractivity contribution is 5.85. The Hall–Kier alpha value is -2.08. The predicted molar refractivity (Wildman–Crippen MR) is 72.5 cm³/mol. The zero-order valence-electron chi connectivity index (χ0n) is 11.3. The molecule has 6 heteroatoms. The molecule has 0 spiro atoms. The van der Waals surface area contributed by atoms with E-state index in [2.05, 4.69) is 5.32 Å². The van der Waals surface area contributed by atoms with Crippen LogP contribution in [0.1, 0.15) is 18.4 Å². The van der Waals surface area contributed by atoms with Crippen molar-refractivity contribution >= 4 is 11.9 Å². The van der Waals surface area contributed by atoms with Crippen molar-refractivity contribution in [3.05, 3.63) is 29.8 Å². The topological polar surface area (TPSA) is 95.9 Å². The number of hydrogen-bond donors (Lipinski definition) is 3. The second-order valence-electron chi connectivity index (χ2n) is 4.40. The lowest BCUT2D eigenvalue weighted by Crippen LogP contribution is -2.41. The number of nitrogens with one attached hydrogen (secondary N) is 1. The summed E-state index contributed by atoms with van der Waals surface area (Å²) in [5.41, 5.74) is 0.464. The summed E-state index contributed by atoms with van der Waals surface area (Å²) >= 11 is 0. The van der Waals surface area contributed by atoms with Crippen LogP contribution in [0.4, 0.5) is 0 Å². The Bertz CT molecular complexity index is 461. The summed E-state index contributed by atoms with van der Waals surface area (Å²) in [6.07, 6.45) is 0.792. The number of methoxy groups -OCH3 is 1. The minimum absolute atomic E-state index is 0.0221. The van der Waals surface area contributed by atoms with E-state index in [4.69, 9.17) is 9.84 Å². The first-order chi connectivity index (χ1) is 9.54. The molecule has 0 aliphatic rings. The van der Waals surface area contributed by atoms with Crippen molar-refractivity contribution in [3.63, 3.8) is 0 Å². The fourth-order valence-corrected chi connectivity index (χ4v) is 1.77. The van der Waals surface area contributed by atoms with Gasteiger partial charge in [0.25, 0.3) is 0 Å². The zero-order chi connectivity index (χ0) is 15.0. The molecule has 0 aliphatic heterocycles. The lowest BCUT2D eigenvalue weighted by Gasteiger charge is -2.14. The van der Waals surface area contributed by atoms with E-state index >= 15 is 0 Å². The number of carboxylic acids is 1. The first-order valence-electron chi connectivity index (χ1n) is 6.32. The lowest BCUT2D eigenvalue weighted by atomic mass is 10.1. The molecule has 0 bridgehead atoms. The van der Waals surface area contributed by atoms with Crippen LogP contribution < -0.4 is 5.32 Å². The van der Waals surface area contributed by atoms with Crippen LogP contribution in [0.5, 0.6) is 5.75 Å². The average Bonchev–Trinajstić information content (AvgIpc) is 2.40. The van der Waals surface area contributed by atoms with Crippen molar-refractivity contribution in [2.45, 2.75) is 25.3 Å². The third kappa shape index (κ3) is 5.27.